The number of fused-ring (bicyclic) bond motifs is 3. The van der Waals surface area contributed by atoms with Crippen LogP contribution in [0.4, 0.5) is 0 Å². The zero-order valence-corrected chi connectivity index (χ0v) is 21.3. The first-order chi connectivity index (χ1) is 15.8. The number of aliphatic hydroxyl groups excluding tert-OH is 2. The molecule has 2 bridgehead atoms. The number of nitrogens with zero attached hydrogens (tertiary/aromatic N) is 1. The molecular weight excluding hydrogens is 454 g/mol. The molecule has 184 valence electrons. The molecule has 0 saturated heterocycles. The maximum atomic E-state index is 14.3. The van der Waals surface area contributed by atoms with E-state index in [9.17, 15) is 24.9 Å². The van der Waals surface area contributed by atoms with E-state index in [1.54, 1.807) is 32.9 Å². The summed E-state index contributed by atoms with van der Waals surface area (Å²) in [6.07, 6.45) is 1.33. The van der Waals surface area contributed by atoms with Crippen molar-refractivity contribution < 1.29 is 29.6 Å². The van der Waals surface area contributed by atoms with E-state index in [0.717, 1.165) is 11.4 Å². The molecule has 2 fully saturated rings. The fraction of sp³-hybridized carbons (Fsp3) is 0.654. The van der Waals surface area contributed by atoms with Crippen molar-refractivity contribution in [3.63, 3.8) is 0 Å². The number of hydrogen-bond acceptors (Lipinski definition) is 8. The van der Waals surface area contributed by atoms with Gasteiger partial charge in [0.2, 0.25) is 0 Å². The number of carbonyl (C=O) groups excluding carboxylic acids is 2. The van der Waals surface area contributed by atoms with Gasteiger partial charge in [-0.15, -0.1) is 11.3 Å². The van der Waals surface area contributed by atoms with Crippen LogP contribution in [-0.2, 0) is 9.53 Å². The number of esters is 1. The van der Waals surface area contributed by atoms with Crippen LogP contribution in [0, 0.1) is 48.3 Å². The molecule has 1 spiro atoms. The standard InChI is InChI=1S/C26H33NO6S/c1-11-9-25-12(2)7-17-18(24(17,5)6)16(21(25)30)8-15(10-28)20(29)26(25,32)22(11)33-23(31)19-13(3)27-14(4)34-19/h8-9,12,16-18,20,22,28-29,32H,7,10H2,1-6H3/t12?,16-,17+,18-,20+,22-,25?,26-/m0/s1. The predicted octanol–water partition coefficient (Wildman–Crippen LogP) is 2.75. The van der Waals surface area contributed by atoms with Crippen LogP contribution in [-0.4, -0.2) is 56.5 Å². The molecule has 0 amide bonds. The van der Waals surface area contributed by atoms with Gasteiger partial charge >= 0.3 is 5.97 Å². The highest BCUT2D eigenvalue weighted by Crippen LogP contribution is 2.71. The first-order valence-corrected chi connectivity index (χ1v) is 12.7. The summed E-state index contributed by atoms with van der Waals surface area (Å²) < 4.78 is 5.89. The fourth-order valence-electron chi connectivity index (χ4n) is 7.47. The van der Waals surface area contributed by atoms with Crippen LogP contribution >= 0.6 is 11.3 Å². The van der Waals surface area contributed by atoms with Gasteiger partial charge in [0.1, 0.15) is 11.0 Å². The van der Waals surface area contributed by atoms with Crippen molar-refractivity contribution in [3.05, 3.63) is 38.9 Å². The summed E-state index contributed by atoms with van der Waals surface area (Å²) in [4.78, 5) is 32.1. The Labute approximate surface area is 203 Å². The maximum Gasteiger partial charge on any atom is 0.350 e. The average molecular weight is 488 g/mol. The first kappa shape index (κ1) is 23.9. The smallest absolute Gasteiger partial charge is 0.350 e. The molecule has 4 aliphatic rings. The number of aromatic nitrogens is 1. The number of carbonyl (C=O) groups is 2. The molecule has 0 radical (unpaired) electrons. The number of allylic oxidation sites excluding steroid dienone is 1. The van der Waals surface area contributed by atoms with E-state index in [2.05, 4.69) is 18.8 Å². The topological polar surface area (TPSA) is 117 Å². The number of aryl methyl sites for hydroxylation is 2. The fourth-order valence-corrected chi connectivity index (χ4v) is 8.28. The third-order valence-electron chi connectivity index (χ3n) is 9.21. The van der Waals surface area contributed by atoms with Gasteiger partial charge in [0, 0.05) is 5.92 Å². The monoisotopic (exact) mass is 487 g/mol. The number of thiazole rings is 1. The summed E-state index contributed by atoms with van der Waals surface area (Å²) in [6, 6.07) is 0. The van der Waals surface area contributed by atoms with Gasteiger partial charge in [-0.3, -0.25) is 4.79 Å². The quantitative estimate of drug-likeness (QED) is 0.443. The molecule has 1 aromatic rings. The summed E-state index contributed by atoms with van der Waals surface area (Å²) in [6.45, 7) is 11.0. The van der Waals surface area contributed by atoms with E-state index in [4.69, 9.17) is 4.74 Å². The minimum absolute atomic E-state index is 0.0363. The van der Waals surface area contributed by atoms with Crippen LogP contribution < -0.4 is 0 Å². The number of hydrogen-bond donors (Lipinski definition) is 3. The highest BCUT2D eigenvalue weighted by molar-refractivity contribution is 7.13. The van der Waals surface area contributed by atoms with Crippen molar-refractivity contribution in [1.29, 1.82) is 0 Å². The summed E-state index contributed by atoms with van der Waals surface area (Å²) in [5, 5.41) is 34.8. The van der Waals surface area contributed by atoms with Gasteiger partial charge in [-0.2, -0.15) is 0 Å². The van der Waals surface area contributed by atoms with Crippen LogP contribution in [0.3, 0.4) is 0 Å². The molecule has 8 atom stereocenters. The number of ketones is 1. The van der Waals surface area contributed by atoms with E-state index in [0.29, 0.717) is 22.1 Å². The molecule has 34 heavy (non-hydrogen) atoms. The number of ether oxygens (including phenoxy) is 1. The van der Waals surface area contributed by atoms with Gasteiger partial charge in [0.25, 0.3) is 0 Å². The second kappa shape index (κ2) is 7.32. The lowest BCUT2D eigenvalue weighted by Crippen LogP contribution is -2.65. The van der Waals surface area contributed by atoms with Gasteiger partial charge in [0.15, 0.2) is 17.5 Å². The first-order valence-electron chi connectivity index (χ1n) is 11.9. The molecule has 3 N–H and O–H groups in total. The minimum Gasteiger partial charge on any atom is -0.450 e. The van der Waals surface area contributed by atoms with Crippen molar-refractivity contribution in [2.45, 2.75) is 65.8 Å². The Bertz CT molecular complexity index is 1150. The van der Waals surface area contributed by atoms with E-state index >= 15 is 0 Å². The van der Waals surface area contributed by atoms with E-state index in [1.807, 2.05) is 6.92 Å². The van der Waals surface area contributed by atoms with E-state index in [1.165, 1.54) is 11.3 Å². The molecular formula is C26H33NO6S. The zero-order chi connectivity index (χ0) is 25.0. The molecule has 8 heteroatoms. The predicted molar refractivity (Wildman–Crippen MR) is 126 cm³/mol. The highest BCUT2D eigenvalue weighted by Gasteiger charge is 2.76. The lowest BCUT2D eigenvalue weighted by atomic mass is 9.59. The Balaban J connectivity index is 1.64. The molecule has 1 heterocycles. The van der Waals surface area contributed by atoms with Gasteiger partial charge in [-0.25, -0.2) is 9.78 Å². The van der Waals surface area contributed by atoms with Crippen LogP contribution in [0.1, 0.15) is 54.5 Å². The Morgan fingerprint density at radius 2 is 1.97 bits per heavy atom. The van der Waals surface area contributed by atoms with Crippen molar-refractivity contribution in [3.8, 4) is 0 Å². The summed E-state index contributed by atoms with van der Waals surface area (Å²) in [5.41, 5.74) is -2.32. The maximum absolute atomic E-state index is 14.3. The van der Waals surface area contributed by atoms with E-state index in [-0.39, 0.29) is 28.6 Å². The third-order valence-corrected chi connectivity index (χ3v) is 10.3. The summed E-state index contributed by atoms with van der Waals surface area (Å²) >= 11 is 1.20. The molecule has 1 aromatic heterocycles. The Kier molecular flexibility index (Phi) is 5.14. The largest absolute Gasteiger partial charge is 0.450 e. The van der Waals surface area contributed by atoms with E-state index < -0.39 is 41.7 Å². The Morgan fingerprint density at radius 1 is 1.29 bits per heavy atom. The molecule has 0 aromatic carbocycles. The third kappa shape index (κ3) is 2.77. The van der Waals surface area contributed by atoms with Crippen LogP contribution in [0.5, 0.6) is 0 Å². The second-order valence-corrected chi connectivity index (χ2v) is 12.5. The average Bonchev–Trinajstić information content (AvgIpc) is 3.04. The minimum atomic E-state index is -2.12. The summed E-state index contributed by atoms with van der Waals surface area (Å²) in [5.74, 6) is -1.25. The summed E-state index contributed by atoms with van der Waals surface area (Å²) in [7, 11) is 0. The van der Waals surface area contributed by atoms with Crippen LogP contribution in [0.2, 0.25) is 0 Å². The Morgan fingerprint density at radius 3 is 2.56 bits per heavy atom. The molecule has 5 rings (SSSR count). The highest BCUT2D eigenvalue weighted by atomic mass is 32.1. The van der Waals surface area contributed by atoms with Gasteiger partial charge < -0.3 is 20.1 Å². The van der Waals surface area contributed by atoms with Crippen molar-refractivity contribution in [2.75, 3.05) is 6.61 Å². The van der Waals surface area contributed by atoms with Crippen molar-refractivity contribution in [1.82, 2.24) is 4.98 Å². The Hall–Kier alpha value is -1.87. The van der Waals surface area contributed by atoms with Gasteiger partial charge in [-0.1, -0.05) is 32.9 Å². The molecule has 0 aliphatic heterocycles. The molecule has 7 nitrogen and oxygen atoms in total. The number of rotatable bonds is 3. The SMILES string of the molecule is CC1=CC23C(=O)[C@@H](C=C(CO)[C@@H](O)[C@]2(O)[C@H]1OC(=O)c1sc(C)nc1C)[C@H]1[C@@H](CC3C)C1(C)C. The van der Waals surface area contributed by atoms with Crippen molar-refractivity contribution >= 4 is 23.1 Å². The lowest BCUT2D eigenvalue weighted by Gasteiger charge is -2.48. The lowest BCUT2D eigenvalue weighted by molar-refractivity contribution is -0.190. The molecule has 2 unspecified atom stereocenters. The number of aliphatic hydroxyl groups is 3. The van der Waals surface area contributed by atoms with Crippen LogP contribution in [0.25, 0.3) is 0 Å². The zero-order valence-electron chi connectivity index (χ0n) is 20.5. The molecule has 2 saturated carbocycles. The van der Waals surface area contributed by atoms with Crippen LogP contribution in [0.15, 0.2) is 23.3 Å². The van der Waals surface area contributed by atoms with Crippen molar-refractivity contribution in [2.24, 2.45) is 34.5 Å². The number of Topliss-reactive ketones (excluding diaryl/α,β-unsaturated/α-hetero) is 1. The normalized spacial score (nSPS) is 42.1. The van der Waals surface area contributed by atoms with Gasteiger partial charge in [0.05, 0.1) is 22.7 Å². The molecule has 4 aliphatic carbocycles. The van der Waals surface area contributed by atoms with Gasteiger partial charge in [-0.05, 0) is 61.5 Å². The second-order valence-electron chi connectivity index (χ2n) is 11.3.